The molecule has 82 valence electrons. The van der Waals surface area contributed by atoms with Crippen molar-refractivity contribution in [3.63, 3.8) is 0 Å². The van der Waals surface area contributed by atoms with Gasteiger partial charge in [-0.3, -0.25) is 0 Å². The molecular weight excluding hydrogens is 200 g/mol. The third-order valence-electron chi connectivity index (χ3n) is 2.90. The molecule has 0 spiro atoms. The largest absolute Gasteiger partial charge is 0.507 e. The molecule has 0 fully saturated rings. The topological polar surface area (TPSA) is 40.5 Å². The van der Waals surface area contributed by atoms with Crippen molar-refractivity contribution in [1.29, 1.82) is 0 Å². The summed E-state index contributed by atoms with van der Waals surface area (Å²) in [5.74, 6) is 0.419. The zero-order valence-corrected chi connectivity index (χ0v) is 9.36. The summed E-state index contributed by atoms with van der Waals surface area (Å²) >= 11 is 0. The predicted molar refractivity (Wildman–Crippen MR) is 64.7 cm³/mol. The van der Waals surface area contributed by atoms with E-state index in [9.17, 15) is 10.2 Å². The van der Waals surface area contributed by atoms with E-state index in [1.807, 2.05) is 32.0 Å². The monoisotopic (exact) mass is 214 g/mol. The Balaban J connectivity index is 2.66. The van der Waals surface area contributed by atoms with Crippen LogP contribution in [0, 0.1) is 13.8 Å². The fourth-order valence-electron chi connectivity index (χ4n) is 1.72. The molecule has 0 aliphatic carbocycles. The molecule has 0 amide bonds. The van der Waals surface area contributed by atoms with Gasteiger partial charge in [-0.1, -0.05) is 30.3 Å². The highest BCUT2D eigenvalue weighted by atomic mass is 16.3. The van der Waals surface area contributed by atoms with Crippen LogP contribution in [0.15, 0.2) is 36.4 Å². The van der Waals surface area contributed by atoms with Gasteiger partial charge in [0, 0.05) is 11.1 Å². The number of phenols is 2. The zero-order valence-electron chi connectivity index (χ0n) is 9.36. The molecule has 0 aliphatic rings. The molecule has 0 radical (unpaired) electrons. The highest BCUT2D eigenvalue weighted by Crippen LogP contribution is 2.37. The summed E-state index contributed by atoms with van der Waals surface area (Å²) in [6.07, 6.45) is 0. The number of aryl methyl sites for hydroxylation is 1. The molecule has 16 heavy (non-hydrogen) atoms. The van der Waals surface area contributed by atoms with E-state index in [1.165, 1.54) is 0 Å². The molecule has 0 unspecified atom stereocenters. The highest BCUT2D eigenvalue weighted by molar-refractivity contribution is 5.76. The molecule has 0 bridgehead atoms. The van der Waals surface area contributed by atoms with Crippen LogP contribution in [0.3, 0.4) is 0 Å². The van der Waals surface area contributed by atoms with Gasteiger partial charge in [-0.05, 0) is 31.0 Å². The summed E-state index contributed by atoms with van der Waals surface area (Å²) in [5, 5.41) is 19.8. The molecule has 2 rings (SSSR count). The number of rotatable bonds is 1. The van der Waals surface area contributed by atoms with E-state index in [-0.39, 0.29) is 11.5 Å². The molecule has 2 aromatic carbocycles. The van der Waals surface area contributed by atoms with Gasteiger partial charge in [0.15, 0.2) is 0 Å². The van der Waals surface area contributed by atoms with Gasteiger partial charge in [-0.25, -0.2) is 0 Å². The van der Waals surface area contributed by atoms with Crippen molar-refractivity contribution < 1.29 is 10.2 Å². The lowest BCUT2D eigenvalue weighted by atomic mass is 9.98. The second-order valence-electron chi connectivity index (χ2n) is 3.92. The normalized spacial score (nSPS) is 10.4. The van der Waals surface area contributed by atoms with Gasteiger partial charge in [0.25, 0.3) is 0 Å². The molecule has 0 saturated carbocycles. The van der Waals surface area contributed by atoms with Crippen molar-refractivity contribution in [2.24, 2.45) is 0 Å². The van der Waals surface area contributed by atoms with E-state index in [2.05, 4.69) is 0 Å². The zero-order chi connectivity index (χ0) is 11.7. The van der Waals surface area contributed by atoms with Crippen molar-refractivity contribution in [2.75, 3.05) is 0 Å². The first-order chi connectivity index (χ1) is 7.61. The van der Waals surface area contributed by atoms with E-state index < -0.39 is 0 Å². The third-order valence-corrected chi connectivity index (χ3v) is 2.90. The van der Waals surface area contributed by atoms with Crippen LogP contribution < -0.4 is 0 Å². The van der Waals surface area contributed by atoms with Crippen molar-refractivity contribution in [3.05, 3.63) is 47.5 Å². The first kappa shape index (κ1) is 10.6. The van der Waals surface area contributed by atoms with Gasteiger partial charge in [-0.2, -0.15) is 0 Å². The second kappa shape index (κ2) is 3.89. The average molecular weight is 214 g/mol. The Hall–Kier alpha value is -1.96. The van der Waals surface area contributed by atoms with E-state index in [0.717, 1.165) is 11.1 Å². The molecule has 0 atom stereocenters. The van der Waals surface area contributed by atoms with E-state index in [4.69, 9.17) is 0 Å². The SMILES string of the molecule is Cc1ccc(-c2ccccc2O)c(O)c1C. The summed E-state index contributed by atoms with van der Waals surface area (Å²) in [4.78, 5) is 0. The lowest BCUT2D eigenvalue weighted by Crippen LogP contribution is -1.86. The number of aromatic hydroxyl groups is 2. The first-order valence-electron chi connectivity index (χ1n) is 5.19. The number of hydrogen-bond acceptors (Lipinski definition) is 2. The molecule has 0 heterocycles. The van der Waals surface area contributed by atoms with Gasteiger partial charge in [0.05, 0.1) is 0 Å². The third kappa shape index (κ3) is 1.63. The molecule has 2 N–H and O–H groups in total. The fourth-order valence-corrected chi connectivity index (χ4v) is 1.72. The smallest absolute Gasteiger partial charge is 0.126 e. The van der Waals surface area contributed by atoms with Crippen LogP contribution >= 0.6 is 0 Å². The maximum Gasteiger partial charge on any atom is 0.126 e. The fraction of sp³-hybridized carbons (Fsp3) is 0.143. The summed E-state index contributed by atoms with van der Waals surface area (Å²) in [6, 6.07) is 10.8. The average Bonchev–Trinajstić information content (AvgIpc) is 2.28. The maximum atomic E-state index is 10.0. The second-order valence-corrected chi connectivity index (χ2v) is 3.92. The Morgan fingerprint density at radius 2 is 1.50 bits per heavy atom. The Bertz CT molecular complexity index is 530. The van der Waals surface area contributed by atoms with Gasteiger partial charge >= 0.3 is 0 Å². The molecule has 2 aromatic rings. The first-order valence-corrected chi connectivity index (χ1v) is 5.19. The predicted octanol–water partition coefficient (Wildman–Crippen LogP) is 3.38. The van der Waals surface area contributed by atoms with Crippen molar-refractivity contribution in [2.45, 2.75) is 13.8 Å². The van der Waals surface area contributed by atoms with Gasteiger partial charge in [0.1, 0.15) is 11.5 Å². The summed E-state index contributed by atoms with van der Waals surface area (Å²) < 4.78 is 0. The van der Waals surface area contributed by atoms with Gasteiger partial charge in [-0.15, -0.1) is 0 Å². The van der Waals surface area contributed by atoms with Gasteiger partial charge in [0.2, 0.25) is 0 Å². The molecule has 0 saturated heterocycles. The number of hydrogen-bond donors (Lipinski definition) is 2. The Kier molecular flexibility index (Phi) is 2.57. The molecular formula is C14H14O2. The van der Waals surface area contributed by atoms with Crippen molar-refractivity contribution in [3.8, 4) is 22.6 Å². The molecule has 0 aromatic heterocycles. The van der Waals surface area contributed by atoms with E-state index in [0.29, 0.717) is 11.1 Å². The van der Waals surface area contributed by atoms with Crippen LogP contribution in [-0.4, -0.2) is 10.2 Å². The van der Waals surface area contributed by atoms with Crippen LogP contribution in [0.4, 0.5) is 0 Å². The van der Waals surface area contributed by atoms with Crippen molar-refractivity contribution in [1.82, 2.24) is 0 Å². The Labute approximate surface area is 94.8 Å². The summed E-state index contributed by atoms with van der Waals surface area (Å²) in [7, 11) is 0. The van der Waals surface area contributed by atoms with Crippen LogP contribution in [0.5, 0.6) is 11.5 Å². The standard InChI is InChI=1S/C14H14O2/c1-9-7-8-12(14(16)10(9)2)11-5-3-4-6-13(11)15/h3-8,15-16H,1-2H3. The number of benzene rings is 2. The lowest BCUT2D eigenvalue weighted by Gasteiger charge is -2.10. The minimum Gasteiger partial charge on any atom is -0.507 e. The summed E-state index contributed by atoms with van der Waals surface area (Å²) in [5.41, 5.74) is 3.21. The van der Waals surface area contributed by atoms with Crippen LogP contribution in [0.1, 0.15) is 11.1 Å². The van der Waals surface area contributed by atoms with Crippen LogP contribution in [0.25, 0.3) is 11.1 Å². The minimum atomic E-state index is 0.182. The molecule has 0 aliphatic heterocycles. The van der Waals surface area contributed by atoms with Crippen molar-refractivity contribution >= 4 is 0 Å². The van der Waals surface area contributed by atoms with Crippen LogP contribution in [0.2, 0.25) is 0 Å². The van der Waals surface area contributed by atoms with E-state index >= 15 is 0 Å². The minimum absolute atomic E-state index is 0.182. The van der Waals surface area contributed by atoms with Crippen LogP contribution in [-0.2, 0) is 0 Å². The quantitative estimate of drug-likeness (QED) is 0.764. The lowest BCUT2D eigenvalue weighted by molar-refractivity contribution is 0.466. The maximum absolute atomic E-state index is 10.0. The molecule has 2 nitrogen and oxygen atoms in total. The van der Waals surface area contributed by atoms with E-state index in [1.54, 1.807) is 18.2 Å². The van der Waals surface area contributed by atoms with Gasteiger partial charge < -0.3 is 10.2 Å². The highest BCUT2D eigenvalue weighted by Gasteiger charge is 2.11. The summed E-state index contributed by atoms with van der Waals surface area (Å²) in [6.45, 7) is 3.82. The molecule has 2 heteroatoms. The number of phenolic OH excluding ortho intramolecular Hbond substituents is 2. The number of para-hydroxylation sites is 1. The Morgan fingerprint density at radius 1 is 0.812 bits per heavy atom. The Morgan fingerprint density at radius 3 is 2.19 bits per heavy atom.